The zero-order chi connectivity index (χ0) is 8.97. The topological polar surface area (TPSA) is 39.2 Å². The van der Waals surface area contributed by atoms with Gasteiger partial charge in [-0.3, -0.25) is 4.39 Å². The fraction of sp³-hybridized carbons (Fsp3) is 0.556. The number of hydrogen-bond acceptors (Lipinski definition) is 2. The van der Waals surface area contributed by atoms with Gasteiger partial charge < -0.3 is 10.2 Å². The summed E-state index contributed by atoms with van der Waals surface area (Å²) in [4.78, 5) is 0. The van der Waals surface area contributed by atoms with Gasteiger partial charge in [-0.15, -0.1) is 12.4 Å². The van der Waals surface area contributed by atoms with Crippen molar-refractivity contribution in [3.8, 4) is 0 Å². The highest BCUT2D eigenvalue weighted by Crippen LogP contribution is 2.17. The minimum absolute atomic E-state index is 0. The van der Waals surface area contributed by atoms with E-state index >= 15 is 0 Å². The molecule has 1 heterocycles. The van der Waals surface area contributed by atoms with E-state index in [2.05, 4.69) is 0 Å². The van der Waals surface area contributed by atoms with Gasteiger partial charge in [0.25, 0.3) is 0 Å². The standard InChI is InChI=1S/C9H14FNO.ClH/c1-2-7-3-4-9(12-7)8(11)5-6-10;/h3-4,8H,2,5-6,11H2,1H3;1H/t8-;/m0./s1. The highest BCUT2D eigenvalue weighted by molar-refractivity contribution is 5.85. The first kappa shape index (κ1) is 12.5. The molecule has 0 radical (unpaired) electrons. The van der Waals surface area contributed by atoms with Crippen LogP contribution in [0.3, 0.4) is 0 Å². The van der Waals surface area contributed by atoms with Crippen molar-refractivity contribution >= 4 is 12.4 Å². The average Bonchev–Trinajstić information content (AvgIpc) is 2.52. The normalized spacial score (nSPS) is 12.2. The minimum atomic E-state index is -0.399. The Kier molecular flexibility index (Phi) is 5.75. The summed E-state index contributed by atoms with van der Waals surface area (Å²) in [7, 11) is 0. The summed E-state index contributed by atoms with van der Waals surface area (Å²) in [5.74, 6) is 1.59. The molecule has 1 aromatic heterocycles. The molecule has 0 saturated heterocycles. The van der Waals surface area contributed by atoms with Crippen LogP contribution in [-0.4, -0.2) is 6.67 Å². The van der Waals surface area contributed by atoms with Crippen LogP contribution in [0.4, 0.5) is 4.39 Å². The second kappa shape index (κ2) is 6.00. The number of halogens is 2. The van der Waals surface area contributed by atoms with Gasteiger partial charge in [0, 0.05) is 6.42 Å². The molecule has 1 aromatic rings. The molecule has 2 nitrogen and oxygen atoms in total. The molecule has 76 valence electrons. The third-order valence-electron chi connectivity index (χ3n) is 1.82. The fourth-order valence-corrected chi connectivity index (χ4v) is 1.04. The first-order chi connectivity index (χ1) is 5.77. The third-order valence-corrected chi connectivity index (χ3v) is 1.82. The summed E-state index contributed by atoms with van der Waals surface area (Å²) in [5.41, 5.74) is 5.64. The van der Waals surface area contributed by atoms with Crippen molar-refractivity contribution in [1.82, 2.24) is 0 Å². The van der Waals surface area contributed by atoms with Gasteiger partial charge in [-0.05, 0) is 18.6 Å². The van der Waals surface area contributed by atoms with E-state index in [0.29, 0.717) is 12.2 Å². The maximum Gasteiger partial charge on any atom is 0.120 e. The van der Waals surface area contributed by atoms with Crippen molar-refractivity contribution in [2.75, 3.05) is 6.67 Å². The largest absolute Gasteiger partial charge is 0.464 e. The smallest absolute Gasteiger partial charge is 0.120 e. The molecule has 0 bridgehead atoms. The molecule has 0 aliphatic rings. The monoisotopic (exact) mass is 207 g/mol. The third kappa shape index (κ3) is 3.36. The number of nitrogens with two attached hydrogens (primary N) is 1. The lowest BCUT2D eigenvalue weighted by atomic mass is 10.2. The predicted molar refractivity (Wildman–Crippen MR) is 52.9 cm³/mol. The van der Waals surface area contributed by atoms with Crippen LogP contribution >= 0.6 is 12.4 Å². The second-order valence-electron chi connectivity index (χ2n) is 2.74. The van der Waals surface area contributed by atoms with Crippen LogP contribution in [-0.2, 0) is 6.42 Å². The molecule has 4 heteroatoms. The van der Waals surface area contributed by atoms with Gasteiger partial charge in [-0.1, -0.05) is 6.92 Å². The molecule has 0 amide bonds. The Morgan fingerprint density at radius 1 is 1.54 bits per heavy atom. The molecule has 0 fully saturated rings. The van der Waals surface area contributed by atoms with E-state index in [0.717, 1.165) is 12.2 Å². The van der Waals surface area contributed by atoms with Gasteiger partial charge in [0.2, 0.25) is 0 Å². The molecule has 1 atom stereocenters. The Balaban J connectivity index is 0.00000144. The molecule has 0 aliphatic heterocycles. The Hall–Kier alpha value is -0.540. The summed E-state index contributed by atoms with van der Waals surface area (Å²) >= 11 is 0. The lowest BCUT2D eigenvalue weighted by molar-refractivity contribution is 0.385. The quantitative estimate of drug-likeness (QED) is 0.825. The summed E-state index contributed by atoms with van der Waals surface area (Å²) < 4.78 is 17.3. The lowest BCUT2D eigenvalue weighted by Crippen LogP contribution is -2.09. The highest BCUT2D eigenvalue weighted by atomic mass is 35.5. The van der Waals surface area contributed by atoms with E-state index in [1.54, 1.807) is 0 Å². The maximum absolute atomic E-state index is 11.9. The number of hydrogen-bond donors (Lipinski definition) is 1. The number of furan rings is 1. The van der Waals surface area contributed by atoms with Gasteiger partial charge in [0.15, 0.2) is 0 Å². The Morgan fingerprint density at radius 3 is 2.69 bits per heavy atom. The zero-order valence-electron chi connectivity index (χ0n) is 7.63. The summed E-state index contributed by atoms with van der Waals surface area (Å²) in [6.07, 6.45) is 1.18. The van der Waals surface area contributed by atoms with E-state index in [9.17, 15) is 4.39 Å². The van der Waals surface area contributed by atoms with Crippen LogP contribution in [0.25, 0.3) is 0 Å². The van der Waals surface area contributed by atoms with E-state index in [1.165, 1.54) is 0 Å². The molecular weight excluding hydrogens is 193 g/mol. The molecule has 0 saturated carbocycles. The molecule has 2 N–H and O–H groups in total. The predicted octanol–water partition coefficient (Wildman–Crippen LogP) is 2.62. The van der Waals surface area contributed by atoms with Crippen LogP contribution in [0.15, 0.2) is 16.5 Å². The number of aryl methyl sites for hydroxylation is 1. The SMILES string of the molecule is CCc1ccc([C@@H](N)CCF)o1.Cl. The van der Waals surface area contributed by atoms with Crippen molar-refractivity contribution in [2.24, 2.45) is 5.73 Å². The summed E-state index contributed by atoms with van der Waals surface area (Å²) in [6.45, 7) is 1.60. The van der Waals surface area contributed by atoms with Crippen molar-refractivity contribution in [1.29, 1.82) is 0 Å². The van der Waals surface area contributed by atoms with Crippen LogP contribution in [0.2, 0.25) is 0 Å². The van der Waals surface area contributed by atoms with Crippen molar-refractivity contribution < 1.29 is 8.81 Å². The van der Waals surface area contributed by atoms with Crippen LogP contribution < -0.4 is 5.73 Å². The lowest BCUT2D eigenvalue weighted by Gasteiger charge is -2.04. The zero-order valence-corrected chi connectivity index (χ0v) is 8.44. The van der Waals surface area contributed by atoms with E-state index < -0.39 is 6.67 Å². The molecular formula is C9H15ClFNO. The maximum atomic E-state index is 11.9. The van der Waals surface area contributed by atoms with Crippen molar-refractivity contribution in [3.63, 3.8) is 0 Å². The van der Waals surface area contributed by atoms with Crippen LogP contribution in [0.1, 0.15) is 30.9 Å². The van der Waals surface area contributed by atoms with Crippen molar-refractivity contribution in [3.05, 3.63) is 23.7 Å². The van der Waals surface area contributed by atoms with Crippen LogP contribution in [0.5, 0.6) is 0 Å². The first-order valence-electron chi connectivity index (χ1n) is 4.18. The molecule has 0 aliphatic carbocycles. The molecule has 0 spiro atoms. The summed E-state index contributed by atoms with van der Waals surface area (Å²) in [6, 6.07) is 3.40. The van der Waals surface area contributed by atoms with E-state index in [4.69, 9.17) is 10.2 Å². The van der Waals surface area contributed by atoms with E-state index in [1.807, 2.05) is 19.1 Å². The summed E-state index contributed by atoms with van der Waals surface area (Å²) in [5, 5.41) is 0. The highest BCUT2D eigenvalue weighted by Gasteiger charge is 2.09. The molecule has 0 aromatic carbocycles. The Bertz CT molecular complexity index is 239. The molecule has 1 rings (SSSR count). The van der Waals surface area contributed by atoms with Gasteiger partial charge in [0.05, 0.1) is 12.7 Å². The van der Waals surface area contributed by atoms with Gasteiger partial charge in [-0.2, -0.15) is 0 Å². The number of alkyl halides is 1. The molecule has 0 unspecified atom stereocenters. The van der Waals surface area contributed by atoms with E-state index in [-0.39, 0.29) is 18.4 Å². The molecule has 13 heavy (non-hydrogen) atoms. The first-order valence-corrected chi connectivity index (χ1v) is 4.18. The second-order valence-corrected chi connectivity index (χ2v) is 2.74. The van der Waals surface area contributed by atoms with Crippen LogP contribution in [0, 0.1) is 0 Å². The van der Waals surface area contributed by atoms with Gasteiger partial charge in [-0.25, -0.2) is 0 Å². The minimum Gasteiger partial charge on any atom is -0.464 e. The number of rotatable bonds is 4. The fourth-order valence-electron chi connectivity index (χ4n) is 1.04. The average molecular weight is 208 g/mol. The van der Waals surface area contributed by atoms with Gasteiger partial charge >= 0.3 is 0 Å². The Morgan fingerprint density at radius 2 is 2.23 bits per heavy atom. The Labute approximate surface area is 83.7 Å². The van der Waals surface area contributed by atoms with Crippen molar-refractivity contribution in [2.45, 2.75) is 25.8 Å². The van der Waals surface area contributed by atoms with Gasteiger partial charge in [0.1, 0.15) is 11.5 Å².